The van der Waals surface area contributed by atoms with Gasteiger partial charge in [-0.3, -0.25) is 0 Å². The van der Waals surface area contributed by atoms with E-state index in [1.54, 1.807) is 20.8 Å². The molecule has 0 saturated heterocycles. The molecule has 0 aliphatic carbocycles. The Morgan fingerprint density at radius 2 is 1.00 bits per heavy atom. The minimum Gasteiger partial charge on any atom is -0.432 e. The van der Waals surface area contributed by atoms with Gasteiger partial charge in [0.25, 0.3) is 0 Å². The Morgan fingerprint density at radius 3 is 1.00 bits per heavy atom. The number of aliphatic hydroxyl groups is 1. The average molecular weight is 334 g/mol. The monoisotopic (exact) mass is 332 g/mol. The van der Waals surface area contributed by atoms with Gasteiger partial charge in [0.15, 0.2) is 8.32 Å². The van der Waals surface area contributed by atoms with Gasteiger partial charge in [-0.05, 0) is 38.9 Å². The van der Waals surface area contributed by atoms with Crippen LogP contribution in [0.25, 0.3) is 0 Å². The Bertz CT molecular complexity index is 110. The zero-order valence-corrected chi connectivity index (χ0v) is 15.0. The summed E-state index contributed by atoms with van der Waals surface area (Å²) in [5, 5.41) is 8.52. The maximum absolute atomic E-state index is 9.58. The molecule has 0 amide bonds. The summed E-state index contributed by atoms with van der Waals surface area (Å²) >= 11 is 0. The molecule has 102 valence electrons. The van der Waals surface area contributed by atoms with Gasteiger partial charge in [-0.25, -0.2) is 0 Å². The largest absolute Gasteiger partial charge is 0.432 e. The molecule has 0 aromatic heterocycles. The first kappa shape index (κ1) is 30.2. The van der Waals surface area contributed by atoms with Gasteiger partial charge in [0.2, 0.25) is 0 Å². The standard InChI is InChI=1S/C6H16OSi.C4H10O.2H2O.Zr/c1-4-8(7,5-2)6-3;1-4(2,3)5;;;/h7H,4-6H2,1-3H3;5H,1-3H3;2*1H2;. The molecule has 6 N–H and O–H groups in total. The molecule has 0 bridgehead atoms. The molecule has 4 nitrogen and oxygen atoms in total. The molecule has 6 heteroatoms. The molecule has 0 fully saturated rings. The Balaban J connectivity index is -0.0000000454. The van der Waals surface area contributed by atoms with E-state index in [-0.39, 0.29) is 37.2 Å². The molecule has 0 unspecified atom stereocenters. The van der Waals surface area contributed by atoms with Crippen LogP contribution in [-0.2, 0) is 26.2 Å². The van der Waals surface area contributed by atoms with Crippen molar-refractivity contribution in [1.29, 1.82) is 0 Å². The smallest absolute Gasteiger partial charge is 0.187 e. The van der Waals surface area contributed by atoms with Gasteiger partial charge in [0.1, 0.15) is 0 Å². The van der Waals surface area contributed by atoms with Crippen molar-refractivity contribution in [2.24, 2.45) is 0 Å². The van der Waals surface area contributed by atoms with Crippen LogP contribution in [0, 0.1) is 0 Å². The van der Waals surface area contributed by atoms with Crippen molar-refractivity contribution < 1.29 is 47.1 Å². The molecule has 0 aliphatic rings. The summed E-state index contributed by atoms with van der Waals surface area (Å²) in [7, 11) is -1.67. The van der Waals surface area contributed by atoms with Crippen molar-refractivity contribution in [2.75, 3.05) is 0 Å². The van der Waals surface area contributed by atoms with Crippen LogP contribution in [0.4, 0.5) is 0 Å². The summed E-state index contributed by atoms with van der Waals surface area (Å²) in [6.45, 7) is 11.5. The molecule has 0 saturated carbocycles. The van der Waals surface area contributed by atoms with Crippen molar-refractivity contribution in [2.45, 2.75) is 65.3 Å². The number of hydrogen-bond donors (Lipinski definition) is 2. The second kappa shape index (κ2) is 14.0. The fourth-order valence-electron chi connectivity index (χ4n) is 0.750. The number of rotatable bonds is 3. The van der Waals surface area contributed by atoms with Crippen molar-refractivity contribution >= 4 is 8.32 Å². The van der Waals surface area contributed by atoms with Crippen LogP contribution in [0.15, 0.2) is 0 Å². The molecular weight excluding hydrogens is 303 g/mol. The van der Waals surface area contributed by atoms with E-state index < -0.39 is 13.9 Å². The van der Waals surface area contributed by atoms with Gasteiger partial charge in [0.05, 0.1) is 5.60 Å². The van der Waals surface area contributed by atoms with E-state index in [9.17, 15) is 4.80 Å². The van der Waals surface area contributed by atoms with Gasteiger partial charge < -0.3 is 20.9 Å². The number of hydrogen-bond acceptors (Lipinski definition) is 2. The third kappa shape index (κ3) is 29.4. The fourth-order valence-corrected chi connectivity index (χ4v) is 2.25. The summed E-state index contributed by atoms with van der Waals surface area (Å²) in [5.74, 6) is 0. The van der Waals surface area contributed by atoms with E-state index in [0.717, 1.165) is 18.1 Å². The van der Waals surface area contributed by atoms with E-state index in [1.807, 2.05) is 0 Å². The summed E-state index contributed by atoms with van der Waals surface area (Å²) < 4.78 is 0. The maximum Gasteiger partial charge on any atom is 0.187 e. The third-order valence-corrected chi connectivity index (χ3v) is 5.92. The Morgan fingerprint density at radius 1 is 0.875 bits per heavy atom. The van der Waals surface area contributed by atoms with Crippen LogP contribution < -0.4 is 0 Å². The quantitative estimate of drug-likeness (QED) is 0.755. The Kier molecular flexibility index (Phi) is 26.4. The van der Waals surface area contributed by atoms with Crippen LogP contribution in [-0.4, -0.2) is 34.8 Å². The SMILES string of the molecule is CC(C)(C)O.CC[Si](O)(CC)CC.O.O.[Zr]. The molecule has 0 aromatic rings. The first-order valence-corrected chi connectivity index (χ1v) is 7.70. The first-order chi connectivity index (χ1) is 5.68. The van der Waals surface area contributed by atoms with Crippen molar-refractivity contribution in [3.05, 3.63) is 0 Å². The molecular formula is C10H30O4SiZr. The van der Waals surface area contributed by atoms with Crippen molar-refractivity contribution in [3.8, 4) is 0 Å². The van der Waals surface area contributed by atoms with Gasteiger partial charge in [0, 0.05) is 26.2 Å². The van der Waals surface area contributed by atoms with E-state index in [0.29, 0.717) is 0 Å². The van der Waals surface area contributed by atoms with Crippen LogP contribution in [0.1, 0.15) is 41.5 Å². The van der Waals surface area contributed by atoms with Gasteiger partial charge in [-0.15, -0.1) is 0 Å². The van der Waals surface area contributed by atoms with Crippen LogP contribution in [0.2, 0.25) is 18.1 Å². The Labute approximate surface area is 120 Å². The Hall–Kier alpha value is 0.940. The topological polar surface area (TPSA) is 103 Å². The summed E-state index contributed by atoms with van der Waals surface area (Å²) in [6, 6.07) is 3.04. The predicted molar refractivity (Wildman–Crippen MR) is 68.6 cm³/mol. The van der Waals surface area contributed by atoms with Gasteiger partial charge in [-0.1, -0.05) is 20.8 Å². The zero-order chi connectivity index (χ0) is 11.1. The van der Waals surface area contributed by atoms with Crippen molar-refractivity contribution in [3.63, 3.8) is 0 Å². The van der Waals surface area contributed by atoms with Gasteiger partial charge in [-0.2, -0.15) is 0 Å². The van der Waals surface area contributed by atoms with E-state index >= 15 is 0 Å². The zero-order valence-electron chi connectivity index (χ0n) is 11.5. The molecule has 0 atom stereocenters. The van der Waals surface area contributed by atoms with E-state index in [1.165, 1.54) is 0 Å². The van der Waals surface area contributed by atoms with Crippen LogP contribution >= 0.6 is 0 Å². The fraction of sp³-hybridized carbons (Fsp3) is 1.00. The molecule has 0 aliphatic heterocycles. The van der Waals surface area contributed by atoms with Crippen LogP contribution in [0.5, 0.6) is 0 Å². The predicted octanol–water partition coefficient (Wildman–Crippen LogP) is 1.11. The first-order valence-electron chi connectivity index (χ1n) is 5.13. The second-order valence-corrected chi connectivity index (χ2v) is 9.03. The third-order valence-electron chi connectivity index (χ3n) is 1.97. The summed E-state index contributed by atoms with van der Waals surface area (Å²) in [4.78, 5) is 9.58. The molecule has 0 radical (unpaired) electrons. The van der Waals surface area contributed by atoms with E-state index in [4.69, 9.17) is 5.11 Å². The molecule has 0 heterocycles. The van der Waals surface area contributed by atoms with E-state index in [2.05, 4.69) is 20.8 Å². The van der Waals surface area contributed by atoms with Crippen LogP contribution in [0.3, 0.4) is 0 Å². The normalized spacial score (nSPS) is 9.75. The molecule has 16 heavy (non-hydrogen) atoms. The molecule has 0 aromatic carbocycles. The summed E-state index contributed by atoms with van der Waals surface area (Å²) in [6.07, 6.45) is 0. The minimum absolute atomic E-state index is 0. The van der Waals surface area contributed by atoms with Crippen molar-refractivity contribution in [1.82, 2.24) is 0 Å². The molecule has 0 rings (SSSR count). The minimum atomic E-state index is -1.67. The second-order valence-electron chi connectivity index (χ2n) is 4.46. The van der Waals surface area contributed by atoms with Gasteiger partial charge >= 0.3 is 0 Å². The molecule has 0 spiro atoms. The summed E-state index contributed by atoms with van der Waals surface area (Å²) in [5.41, 5.74) is -0.500. The average Bonchev–Trinajstić information content (AvgIpc) is 2.00. The maximum atomic E-state index is 9.58.